The van der Waals surface area contributed by atoms with Gasteiger partial charge in [-0.05, 0) is 51.3 Å². The van der Waals surface area contributed by atoms with Gasteiger partial charge in [0.2, 0.25) is 0 Å². The minimum absolute atomic E-state index is 0.0996. The number of amides is 2. The number of hydrogen-bond acceptors (Lipinski definition) is 4. The second-order valence-corrected chi connectivity index (χ2v) is 7.57. The Balaban J connectivity index is 1.49. The number of carbonyl (C=O) groups excluding carboxylic acids is 1. The number of aliphatic hydroxyl groups excluding tert-OH is 1. The minimum atomic E-state index is -0.210. The van der Waals surface area contributed by atoms with Gasteiger partial charge in [0.25, 0.3) is 0 Å². The Kier molecular flexibility index (Phi) is 7.06. The van der Waals surface area contributed by atoms with Crippen molar-refractivity contribution in [2.45, 2.75) is 32.7 Å². The molecule has 1 aromatic carbocycles. The molecule has 1 fully saturated rings. The molecule has 2 amide bonds. The number of nitrogens with one attached hydrogen (secondary N) is 2. The van der Waals surface area contributed by atoms with Gasteiger partial charge in [0.1, 0.15) is 0 Å². The quantitative estimate of drug-likeness (QED) is 0.684. The molecule has 1 aliphatic rings. The van der Waals surface area contributed by atoms with E-state index in [2.05, 4.69) is 39.7 Å². The van der Waals surface area contributed by atoms with Crippen LogP contribution in [0.25, 0.3) is 0 Å². The number of carbonyl (C=O) groups is 1. The number of aryl methyl sites for hydroxylation is 1. The van der Waals surface area contributed by atoms with Gasteiger partial charge in [-0.3, -0.25) is 10.00 Å². The van der Waals surface area contributed by atoms with Crippen LogP contribution in [0.1, 0.15) is 36.9 Å². The molecule has 1 saturated heterocycles. The molecule has 2 heterocycles. The molecular formula is C21H31N5O2. The van der Waals surface area contributed by atoms with Crippen LogP contribution in [0.3, 0.4) is 0 Å². The van der Waals surface area contributed by atoms with Crippen molar-refractivity contribution in [3.8, 4) is 0 Å². The summed E-state index contributed by atoms with van der Waals surface area (Å²) in [6.07, 6.45) is 4.05. The molecule has 1 atom stereocenters. The lowest BCUT2D eigenvalue weighted by molar-refractivity contribution is 0.147. The molecule has 1 aliphatic heterocycles. The van der Waals surface area contributed by atoms with Crippen molar-refractivity contribution in [3.63, 3.8) is 0 Å². The predicted octanol–water partition coefficient (Wildman–Crippen LogP) is 2.63. The summed E-state index contributed by atoms with van der Waals surface area (Å²) in [5.74, 6) is 1.08. The number of urea groups is 1. The van der Waals surface area contributed by atoms with E-state index in [-0.39, 0.29) is 18.7 Å². The lowest BCUT2D eigenvalue weighted by Gasteiger charge is -2.31. The van der Waals surface area contributed by atoms with Gasteiger partial charge in [-0.15, -0.1) is 0 Å². The Bertz CT molecular complexity index is 753. The van der Waals surface area contributed by atoms with Crippen molar-refractivity contribution >= 4 is 11.8 Å². The third kappa shape index (κ3) is 5.33. The predicted molar refractivity (Wildman–Crippen MR) is 110 cm³/mol. The highest BCUT2D eigenvalue weighted by atomic mass is 16.3. The number of aliphatic hydroxyl groups is 1. The van der Waals surface area contributed by atoms with Gasteiger partial charge in [0, 0.05) is 24.8 Å². The van der Waals surface area contributed by atoms with Crippen LogP contribution in [0.4, 0.5) is 10.6 Å². The third-order valence-corrected chi connectivity index (χ3v) is 5.50. The normalized spacial score (nSPS) is 16.7. The van der Waals surface area contributed by atoms with Gasteiger partial charge in [-0.1, -0.05) is 30.3 Å². The van der Waals surface area contributed by atoms with Gasteiger partial charge >= 0.3 is 6.03 Å². The molecule has 3 N–H and O–H groups in total. The average molecular weight is 386 g/mol. The van der Waals surface area contributed by atoms with Crippen molar-refractivity contribution in [1.82, 2.24) is 20.0 Å². The van der Waals surface area contributed by atoms with E-state index >= 15 is 0 Å². The van der Waals surface area contributed by atoms with E-state index in [0.717, 1.165) is 38.0 Å². The highest BCUT2D eigenvalue weighted by Crippen LogP contribution is 2.21. The van der Waals surface area contributed by atoms with Crippen LogP contribution in [0.15, 0.2) is 36.5 Å². The van der Waals surface area contributed by atoms with Gasteiger partial charge in [0.15, 0.2) is 5.82 Å². The lowest BCUT2D eigenvalue weighted by atomic mass is 9.97. The highest BCUT2D eigenvalue weighted by Gasteiger charge is 2.20. The van der Waals surface area contributed by atoms with Crippen LogP contribution in [0.2, 0.25) is 0 Å². The van der Waals surface area contributed by atoms with Crippen LogP contribution >= 0.6 is 0 Å². The zero-order chi connectivity index (χ0) is 19.9. The first kappa shape index (κ1) is 20.4. The molecule has 1 unspecified atom stereocenters. The molecule has 0 spiro atoms. The van der Waals surface area contributed by atoms with Crippen molar-refractivity contribution in [3.05, 3.63) is 47.7 Å². The fraction of sp³-hybridized carbons (Fsp3) is 0.524. The molecular weight excluding hydrogens is 354 g/mol. The first-order chi connectivity index (χ1) is 13.6. The molecule has 0 radical (unpaired) electrons. The summed E-state index contributed by atoms with van der Waals surface area (Å²) in [6, 6.07) is 10.1. The molecule has 3 rings (SSSR count). The van der Waals surface area contributed by atoms with E-state index in [9.17, 15) is 4.79 Å². The largest absolute Gasteiger partial charge is 0.395 e. The van der Waals surface area contributed by atoms with Gasteiger partial charge < -0.3 is 15.3 Å². The number of benzene rings is 1. The summed E-state index contributed by atoms with van der Waals surface area (Å²) >= 11 is 0. The number of nitrogens with zero attached hydrogens (tertiary/aromatic N) is 3. The summed E-state index contributed by atoms with van der Waals surface area (Å²) in [5, 5.41) is 19.4. The summed E-state index contributed by atoms with van der Waals surface area (Å²) in [4.78, 5) is 14.6. The second-order valence-electron chi connectivity index (χ2n) is 7.57. The number of rotatable bonds is 7. The minimum Gasteiger partial charge on any atom is -0.395 e. The maximum atomic E-state index is 12.3. The van der Waals surface area contributed by atoms with Crippen LogP contribution in [-0.2, 0) is 0 Å². The molecule has 1 aromatic heterocycles. The summed E-state index contributed by atoms with van der Waals surface area (Å²) < 4.78 is 1.89. The summed E-state index contributed by atoms with van der Waals surface area (Å²) in [7, 11) is 0. The zero-order valence-corrected chi connectivity index (χ0v) is 16.8. The van der Waals surface area contributed by atoms with Crippen LogP contribution < -0.4 is 10.6 Å². The zero-order valence-electron chi connectivity index (χ0n) is 16.8. The highest BCUT2D eigenvalue weighted by molar-refractivity contribution is 5.88. The molecule has 28 heavy (non-hydrogen) atoms. The summed E-state index contributed by atoms with van der Waals surface area (Å²) in [5.41, 5.74) is 2.11. The summed E-state index contributed by atoms with van der Waals surface area (Å²) in [6.45, 7) is 7.62. The Hall–Kier alpha value is -2.38. The second kappa shape index (κ2) is 9.71. The fourth-order valence-electron chi connectivity index (χ4n) is 3.63. The third-order valence-electron chi connectivity index (χ3n) is 5.50. The topological polar surface area (TPSA) is 82.4 Å². The number of anilines is 1. The molecule has 0 aliphatic carbocycles. The maximum Gasteiger partial charge on any atom is 0.320 e. The van der Waals surface area contributed by atoms with Crippen molar-refractivity contribution in [1.29, 1.82) is 0 Å². The number of hydrogen-bond donors (Lipinski definition) is 3. The van der Waals surface area contributed by atoms with Crippen molar-refractivity contribution in [2.75, 3.05) is 38.1 Å². The first-order valence-corrected chi connectivity index (χ1v) is 10.1. The average Bonchev–Trinajstić information content (AvgIpc) is 3.08. The van der Waals surface area contributed by atoms with Crippen LogP contribution in [0.5, 0.6) is 0 Å². The Morgan fingerprint density at radius 1 is 1.29 bits per heavy atom. The number of likely N-dealkylation sites (tertiary alicyclic amines) is 1. The molecule has 2 aromatic rings. The van der Waals surface area contributed by atoms with Gasteiger partial charge in [-0.25, -0.2) is 4.79 Å². The van der Waals surface area contributed by atoms with E-state index in [1.807, 2.05) is 36.0 Å². The molecule has 0 bridgehead atoms. The first-order valence-electron chi connectivity index (χ1n) is 10.1. The Morgan fingerprint density at radius 2 is 2.00 bits per heavy atom. The van der Waals surface area contributed by atoms with Gasteiger partial charge in [0.05, 0.1) is 12.6 Å². The molecule has 0 saturated carbocycles. The van der Waals surface area contributed by atoms with Crippen LogP contribution in [0, 0.1) is 12.8 Å². The number of piperidine rings is 1. The lowest BCUT2D eigenvalue weighted by Crippen LogP contribution is -2.40. The van der Waals surface area contributed by atoms with E-state index in [1.165, 1.54) is 5.56 Å². The van der Waals surface area contributed by atoms with Crippen LogP contribution in [-0.4, -0.2) is 58.6 Å². The fourth-order valence-corrected chi connectivity index (χ4v) is 3.63. The molecule has 7 nitrogen and oxygen atoms in total. The van der Waals surface area contributed by atoms with E-state index < -0.39 is 0 Å². The number of aromatic nitrogens is 2. The monoisotopic (exact) mass is 385 g/mol. The van der Waals surface area contributed by atoms with E-state index in [0.29, 0.717) is 18.3 Å². The Morgan fingerprint density at radius 3 is 2.68 bits per heavy atom. The number of β-amino-alcohol motifs (C(OH)–C–C–N with tert-alkyl or cyclic N) is 1. The van der Waals surface area contributed by atoms with E-state index in [4.69, 9.17) is 5.11 Å². The maximum absolute atomic E-state index is 12.3. The standard InChI is InChI=1S/C21H31N5O2/c1-16-15-26(17(2)19-6-4-3-5-7-19)24-20(16)23-21(28)22-14-18-8-10-25(11-9-18)12-13-27/h3-7,15,17-18,27H,8-14H2,1-2H3,(H2,22,23,24,28). The SMILES string of the molecule is Cc1cn(C(C)c2ccccc2)nc1NC(=O)NCC1CCN(CCO)CC1. The molecule has 152 valence electrons. The van der Waals surface area contributed by atoms with Gasteiger partial charge in [-0.2, -0.15) is 5.10 Å². The van der Waals surface area contributed by atoms with Crippen molar-refractivity contribution < 1.29 is 9.90 Å². The Labute approximate surface area is 166 Å². The molecule has 7 heteroatoms. The smallest absolute Gasteiger partial charge is 0.320 e. The van der Waals surface area contributed by atoms with E-state index in [1.54, 1.807) is 0 Å². The van der Waals surface area contributed by atoms with Crippen molar-refractivity contribution in [2.24, 2.45) is 5.92 Å².